The Kier molecular flexibility index (Phi) is 4.62. The molecule has 1 fully saturated rings. The number of hydrogen-bond donors (Lipinski definition) is 0. The van der Waals surface area contributed by atoms with Crippen LogP contribution in [0.2, 0.25) is 5.02 Å². The summed E-state index contributed by atoms with van der Waals surface area (Å²) in [6.07, 6.45) is 5.55. The minimum absolute atomic E-state index is 0.302. The Labute approximate surface area is 145 Å². The van der Waals surface area contributed by atoms with Gasteiger partial charge in [0.1, 0.15) is 0 Å². The summed E-state index contributed by atoms with van der Waals surface area (Å²) in [5.41, 5.74) is 1.42. The Balaban J connectivity index is 2.13. The van der Waals surface area contributed by atoms with Gasteiger partial charge in [0.05, 0.1) is 31.3 Å². The summed E-state index contributed by atoms with van der Waals surface area (Å²) in [6.45, 7) is 0. The minimum Gasteiger partial charge on any atom is -0.466 e. The van der Waals surface area contributed by atoms with Crippen LogP contribution in [0.3, 0.4) is 0 Å². The number of rotatable bonds is 4. The molecule has 2 aliphatic rings. The molecule has 24 heavy (non-hydrogen) atoms. The van der Waals surface area contributed by atoms with Crippen molar-refractivity contribution in [1.29, 1.82) is 0 Å². The highest BCUT2D eigenvalue weighted by atomic mass is 35.5. The zero-order valence-electron chi connectivity index (χ0n) is 13.5. The van der Waals surface area contributed by atoms with Gasteiger partial charge in [0.15, 0.2) is 0 Å². The van der Waals surface area contributed by atoms with Crippen LogP contribution in [0.5, 0.6) is 0 Å². The third-order valence-electron chi connectivity index (χ3n) is 4.23. The fraction of sp³-hybridized carbons (Fsp3) is 0.333. The van der Waals surface area contributed by atoms with Gasteiger partial charge < -0.3 is 14.4 Å². The summed E-state index contributed by atoms with van der Waals surface area (Å²) >= 11 is 6.32. The first-order valence-corrected chi connectivity index (χ1v) is 8.06. The van der Waals surface area contributed by atoms with E-state index in [-0.39, 0.29) is 0 Å². The number of methoxy groups -OCH3 is 2. The first kappa shape index (κ1) is 16.6. The number of ether oxygens (including phenoxy) is 2. The first-order chi connectivity index (χ1) is 11.6. The van der Waals surface area contributed by atoms with Crippen molar-refractivity contribution < 1.29 is 19.1 Å². The molecule has 0 N–H and O–H groups in total. The van der Waals surface area contributed by atoms with Gasteiger partial charge in [-0.3, -0.25) is 0 Å². The summed E-state index contributed by atoms with van der Waals surface area (Å²) < 4.78 is 9.87. The number of hydrogen-bond acceptors (Lipinski definition) is 5. The minimum atomic E-state index is -0.617. The van der Waals surface area contributed by atoms with Crippen LogP contribution in [0.1, 0.15) is 24.3 Å². The highest BCUT2D eigenvalue weighted by Gasteiger charge is 2.39. The maximum absolute atomic E-state index is 12.4. The maximum Gasteiger partial charge on any atom is 0.336 e. The average Bonchev–Trinajstić information content (AvgIpc) is 3.45. The van der Waals surface area contributed by atoms with E-state index in [9.17, 15) is 9.59 Å². The molecule has 6 heteroatoms. The normalized spacial score (nSPS) is 17.9. The zero-order valence-corrected chi connectivity index (χ0v) is 14.2. The molecule has 1 aromatic rings. The van der Waals surface area contributed by atoms with Crippen LogP contribution < -0.4 is 0 Å². The van der Waals surface area contributed by atoms with E-state index >= 15 is 0 Å². The van der Waals surface area contributed by atoms with E-state index in [0.29, 0.717) is 27.8 Å². The number of halogens is 1. The van der Waals surface area contributed by atoms with Crippen LogP contribution in [0.4, 0.5) is 0 Å². The van der Waals surface area contributed by atoms with Crippen LogP contribution in [0.25, 0.3) is 0 Å². The van der Waals surface area contributed by atoms with E-state index in [2.05, 4.69) is 0 Å². The molecule has 1 aliphatic carbocycles. The lowest BCUT2D eigenvalue weighted by atomic mass is 9.83. The van der Waals surface area contributed by atoms with Crippen molar-refractivity contribution in [3.05, 3.63) is 58.4 Å². The lowest BCUT2D eigenvalue weighted by Gasteiger charge is -2.30. The molecule has 0 atom stereocenters. The maximum atomic E-state index is 12.4. The molecule has 1 saturated carbocycles. The smallest absolute Gasteiger partial charge is 0.336 e. The largest absolute Gasteiger partial charge is 0.466 e. The van der Waals surface area contributed by atoms with Crippen molar-refractivity contribution in [1.82, 2.24) is 4.90 Å². The highest BCUT2D eigenvalue weighted by Crippen LogP contribution is 2.42. The van der Waals surface area contributed by atoms with Gasteiger partial charge in [-0.2, -0.15) is 0 Å². The van der Waals surface area contributed by atoms with Crippen LogP contribution in [0.15, 0.2) is 47.8 Å². The van der Waals surface area contributed by atoms with E-state index < -0.39 is 17.9 Å². The van der Waals surface area contributed by atoms with Crippen molar-refractivity contribution >= 4 is 23.5 Å². The molecule has 1 aromatic carbocycles. The molecule has 1 aliphatic heterocycles. The first-order valence-electron chi connectivity index (χ1n) is 7.68. The van der Waals surface area contributed by atoms with Crippen LogP contribution in [0, 0.1) is 0 Å². The molecule has 126 valence electrons. The van der Waals surface area contributed by atoms with Crippen molar-refractivity contribution in [3.63, 3.8) is 0 Å². The number of esters is 2. The second kappa shape index (κ2) is 6.69. The van der Waals surface area contributed by atoms with E-state index in [1.807, 2.05) is 11.0 Å². The number of benzene rings is 1. The van der Waals surface area contributed by atoms with Crippen molar-refractivity contribution in [3.8, 4) is 0 Å². The third-order valence-corrected chi connectivity index (χ3v) is 4.57. The Morgan fingerprint density at radius 3 is 2.04 bits per heavy atom. The fourth-order valence-electron chi connectivity index (χ4n) is 2.88. The van der Waals surface area contributed by atoms with Gasteiger partial charge in [0.25, 0.3) is 0 Å². The molecular weight excluding hydrogens is 330 g/mol. The molecule has 0 unspecified atom stereocenters. The third kappa shape index (κ3) is 3.04. The molecule has 0 aromatic heterocycles. The molecule has 0 amide bonds. The lowest BCUT2D eigenvalue weighted by Crippen LogP contribution is -2.29. The molecular formula is C18H18ClNO4. The van der Waals surface area contributed by atoms with Gasteiger partial charge in [-0.25, -0.2) is 9.59 Å². The Morgan fingerprint density at radius 1 is 1.04 bits per heavy atom. The number of carbonyl (C=O) groups is 2. The standard InChI is InChI=1S/C18H18ClNO4/c1-23-17(21)13-9-20(11-7-8-11)10-14(18(22)24-2)16(13)12-5-3-4-6-15(12)19/h3-6,9-11,16H,7-8H2,1-2H3. The predicted octanol–water partition coefficient (Wildman–Crippen LogP) is 3.02. The molecule has 0 bridgehead atoms. The monoisotopic (exact) mass is 347 g/mol. The van der Waals surface area contributed by atoms with E-state index in [1.54, 1.807) is 30.6 Å². The Bertz CT molecular complexity index is 702. The summed E-state index contributed by atoms with van der Waals surface area (Å²) in [4.78, 5) is 26.6. The Morgan fingerprint density at radius 2 is 1.58 bits per heavy atom. The van der Waals surface area contributed by atoms with Gasteiger partial charge >= 0.3 is 11.9 Å². The van der Waals surface area contributed by atoms with Crippen LogP contribution in [-0.4, -0.2) is 37.1 Å². The summed E-state index contributed by atoms with van der Waals surface area (Å²) in [7, 11) is 2.65. The fourth-order valence-corrected chi connectivity index (χ4v) is 3.12. The number of nitrogens with zero attached hydrogens (tertiary/aromatic N) is 1. The van der Waals surface area contributed by atoms with E-state index in [1.165, 1.54) is 14.2 Å². The molecule has 5 nitrogen and oxygen atoms in total. The van der Waals surface area contributed by atoms with Gasteiger partial charge in [-0.05, 0) is 24.5 Å². The predicted molar refractivity (Wildman–Crippen MR) is 89.3 cm³/mol. The van der Waals surface area contributed by atoms with E-state index in [4.69, 9.17) is 21.1 Å². The molecule has 3 rings (SSSR count). The van der Waals surface area contributed by atoms with Gasteiger partial charge in [-0.1, -0.05) is 29.8 Å². The van der Waals surface area contributed by atoms with Gasteiger partial charge in [0, 0.05) is 23.5 Å². The molecule has 0 spiro atoms. The van der Waals surface area contributed by atoms with Crippen LogP contribution in [-0.2, 0) is 19.1 Å². The molecule has 1 heterocycles. The Hall–Kier alpha value is -2.27. The van der Waals surface area contributed by atoms with Crippen molar-refractivity contribution in [2.24, 2.45) is 0 Å². The molecule has 0 radical (unpaired) electrons. The zero-order chi connectivity index (χ0) is 17.3. The van der Waals surface area contributed by atoms with Crippen LogP contribution >= 0.6 is 11.6 Å². The van der Waals surface area contributed by atoms with E-state index in [0.717, 1.165) is 12.8 Å². The second-order valence-electron chi connectivity index (χ2n) is 5.78. The summed E-state index contributed by atoms with van der Waals surface area (Å²) in [6, 6.07) is 7.45. The lowest BCUT2D eigenvalue weighted by molar-refractivity contribution is -0.137. The summed E-state index contributed by atoms with van der Waals surface area (Å²) in [5.74, 6) is -1.59. The van der Waals surface area contributed by atoms with Gasteiger partial charge in [0.2, 0.25) is 0 Å². The highest BCUT2D eigenvalue weighted by molar-refractivity contribution is 6.31. The second-order valence-corrected chi connectivity index (χ2v) is 6.19. The number of carbonyl (C=O) groups excluding carboxylic acids is 2. The van der Waals surface area contributed by atoms with Crippen molar-refractivity contribution in [2.45, 2.75) is 24.8 Å². The SMILES string of the molecule is COC(=O)C1=CN(C2CC2)C=C(C(=O)OC)C1c1ccccc1Cl. The molecule has 0 saturated heterocycles. The topological polar surface area (TPSA) is 55.8 Å². The average molecular weight is 348 g/mol. The quantitative estimate of drug-likeness (QED) is 0.784. The summed E-state index contributed by atoms with van der Waals surface area (Å²) in [5, 5.41) is 0.479. The van der Waals surface area contributed by atoms with Gasteiger partial charge in [-0.15, -0.1) is 0 Å². The van der Waals surface area contributed by atoms with Crippen molar-refractivity contribution in [2.75, 3.05) is 14.2 Å².